The summed E-state index contributed by atoms with van der Waals surface area (Å²) in [6.07, 6.45) is 1.90. The Bertz CT molecular complexity index is 1090. The van der Waals surface area contributed by atoms with E-state index in [1.165, 1.54) is 0 Å². The highest BCUT2D eigenvalue weighted by Gasteiger charge is 2.17. The minimum atomic E-state index is -0.157. The fraction of sp³-hybridized carbons (Fsp3) is 0. The van der Waals surface area contributed by atoms with Gasteiger partial charge in [0.2, 0.25) is 6.29 Å². The lowest BCUT2D eigenvalue weighted by atomic mass is 9.92. The molecule has 0 fully saturated rings. The predicted molar refractivity (Wildman–Crippen MR) is 96.1 cm³/mol. The van der Waals surface area contributed by atoms with Gasteiger partial charge in [0.1, 0.15) is 0 Å². The van der Waals surface area contributed by atoms with Crippen LogP contribution in [-0.4, -0.2) is 12.1 Å². The van der Waals surface area contributed by atoms with Crippen LogP contribution in [0, 0.1) is 0 Å². The Morgan fingerprint density at radius 2 is 1.38 bits per heavy atom. The highest BCUT2D eigenvalue weighted by Crippen LogP contribution is 2.26. The van der Waals surface area contributed by atoms with Crippen molar-refractivity contribution in [2.24, 2.45) is 0 Å². The van der Waals surface area contributed by atoms with Crippen molar-refractivity contribution in [3.63, 3.8) is 0 Å². The van der Waals surface area contributed by atoms with E-state index < -0.39 is 0 Å². The number of carbonyl (C=O) groups excluding carboxylic acids is 2. The molecule has 0 N–H and O–H groups in total. The van der Waals surface area contributed by atoms with Gasteiger partial charge in [0, 0.05) is 16.7 Å². The number of ketones is 1. The number of rotatable bonds is 3. The molecule has 0 bridgehead atoms. The normalized spacial score (nSPS) is 10.8. The van der Waals surface area contributed by atoms with E-state index in [1.807, 2.05) is 73.0 Å². The van der Waals surface area contributed by atoms with Crippen LogP contribution in [0.3, 0.4) is 0 Å². The fourth-order valence-electron chi connectivity index (χ4n) is 3.08. The fourth-order valence-corrected chi connectivity index (χ4v) is 3.08. The van der Waals surface area contributed by atoms with Crippen molar-refractivity contribution in [2.75, 3.05) is 0 Å². The average molecular weight is 309 g/mol. The minimum Gasteiger partial charge on any atom is -0.289 e. The zero-order valence-corrected chi connectivity index (χ0v) is 12.8. The van der Waals surface area contributed by atoms with E-state index in [2.05, 4.69) is 0 Å². The molecule has 24 heavy (non-hydrogen) atoms. The smallest absolute Gasteiger partial charge is 0.234 e. The summed E-state index contributed by atoms with van der Waals surface area (Å²) in [6, 6.07) is 24.6. The van der Waals surface area contributed by atoms with Crippen LogP contribution in [-0.2, 0) is 4.79 Å². The van der Waals surface area contributed by atoms with Gasteiger partial charge in [-0.25, -0.2) is 0 Å². The van der Waals surface area contributed by atoms with Crippen molar-refractivity contribution >= 4 is 33.6 Å². The number of hydrogen-bond acceptors (Lipinski definition) is 2. The molecule has 0 amide bonds. The summed E-state index contributed by atoms with van der Waals surface area (Å²) in [5.74, 6) is -0.157. The molecule has 0 unspecified atom stereocenters. The van der Waals surface area contributed by atoms with Gasteiger partial charge in [-0.1, -0.05) is 66.7 Å². The number of fused-ring (bicyclic) bond motifs is 2. The predicted octanol–water partition coefficient (Wildman–Crippen LogP) is 4.68. The van der Waals surface area contributed by atoms with E-state index in [1.54, 1.807) is 12.1 Å². The van der Waals surface area contributed by atoms with E-state index in [-0.39, 0.29) is 5.78 Å². The maximum Gasteiger partial charge on any atom is 0.234 e. The molecule has 4 aromatic rings. The molecule has 0 saturated heterocycles. The molecule has 4 rings (SSSR count). The quantitative estimate of drug-likeness (QED) is 0.515. The molecule has 0 saturated carbocycles. The Morgan fingerprint density at radius 3 is 2.17 bits per heavy atom. The second-order valence-electron chi connectivity index (χ2n) is 5.70. The molecule has 2 heteroatoms. The first-order chi connectivity index (χ1) is 11.8. The van der Waals surface area contributed by atoms with Crippen LogP contribution in [0.4, 0.5) is 0 Å². The maximum atomic E-state index is 13.1. The third-order valence-electron chi connectivity index (χ3n) is 4.28. The molecular weight excluding hydrogens is 296 g/mol. The van der Waals surface area contributed by atoms with Gasteiger partial charge in [-0.2, -0.15) is 0 Å². The molecule has 1 radical (unpaired) electrons. The van der Waals surface area contributed by atoms with Gasteiger partial charge in [0.05, 0.1) is 0 Å². The summed E-state index contributed by atoms with van der Waals surface area (Å²) in [6.45, 7) is 0. The first-order valence-electron chi connectivity index (χ1n) is 7.71. The Kier molecular flexibility index (Phi) is 3.43. The zero-order valence-electron chi connectivity index (χ0n) is 12.8. The molecular formula is C22H13O2. The van der Waals surface area contributed by atoms with Gasteiger partial charge in [-0.15, -0.1) is 0 Å². The van der Waals surface area contributed by atoms with Crippen molar-refractivity contribution in [1.82, 2.24) is 0 Å². The summed E-state index contributed by atoms with van der Waals surface area (Å²) < 4.78 is 0. The molecule has 4 aromatic carbocycles. The topological polar surface area (TPSA) is 34.1 Å². The first kappa shape index (κ1) is 14.3. The first-order valence-corrected chi connectivity index (χ1v) is 7.71. The third kappa shape index (κ3) is 2.29. The highest BCUT2D eigenvalue weighted by atomic mass is 16.1. The van der Waals surface area contributed by atoms with E-state index in [0.29, 0.717) is 16.7 Å². The molecule has 0 aliphatic rings. The zero-order chi connectivity index (χ0) is 16.5. The Hall–Kier alpha value is -3.26. The van der Waals surface area contributed by atoms with Crippen LogP contribution in [0.2, 0.25) is 0 Å². The SMILES string of the molecule is O=[C]c1ccc2ccccc2c1C(=O)c1ccc2ccccc2c1. The van der Waals surface area contributed by atoms with Crippen molar-refractivity contribution in [2.45, 2.75) is 0 Å². The van der Waals surface area contributed by atoms with Crippen molar-refractivity contribution in [3.8, 4) is 0 Å². The maximum absolute atomic E-state index is 13.1. The number of hydrogen-bond donors (Lipinski definition) is 0. The molecule has 0 aromatic heterocycles. The van der Waals surface area contributed by atoms with E-state index in [4.69, 9.17) is 0 Å². The van der Waals surface area contributed by atoms with Gasteiger partial charge < -0.3 is 0 Å². The van der Waals surface area contributed by atoms with Crippen LogP contribution in [0.25, 0.3) is 21.5 Å². The number of carbonyl (C=O) groups is 1. The van der Waals surface area contributed by atoms with Gasteiger partial charge in [0.15, 0.2) is 5.78 Å². The Morgan fingerprint density at radius 1 is 0.708 bits per heavy atom. The molecule has 0 spiro atoms. The largest absolute Gasteiger partial charge is 0.289 e. The Labute approximate surface area is 139 Å². The highest BCUT2D eigenvalue weighted by molar-refractivity contribution is 6.20. The minimum absolute atomic E-state index is 0.157. The van der Waals surface area contributed by atoms with Crippen molar-refractivity contribution < 1.29 is 9.59 Å². The summed E-state index contributed by atoms with van der Waals surface area (Å²) in [5, 5.41) is 3.78. The second kappa shape index (κ2) is 5.74. The summed E-state index contributed by atoms with van der Waals surface area (Å²) in [5.41, 5.74) is 1.28. The third-order valence-corrected chi connectivity index (χ3v) is 4.28. The van der Waals surface area contributed by atoms with E-state index in [9.17, 15) is 9.59 Å². The van der Waals surface area contributed by atoms with Crippen molar-refractivity contribution in [3.05, 3.63) is 95.6 Å². The standard InChI is InChI=1S/C22H13O2/c23-14-19-12-10-16-6-3-4-8-20(16)21(19)22(24)18-11-9-15-5-1-2-7-17(15)13-18/h1-13H. The number of benzene rings is 4. The summed E-state index contributed by atoms with van der Waals surface area (Å²) >= 11 is 0. The van der Waals surface area contributed by atoms with Gasteiger partial charge in [0.25, 0.3) is 0 Å². The van der Waals surface area contributed by atoms with Crippen LogP contribution in [0.15, 0.2) is 78.9 Å². The van der Waals surface area contributed by atoms with Gasteiger partial charge in [-0.3, -0.25) is 9.59 Å². The molecule has 2 nitrogen and oxygen atoms in total. The Balaban J connectivity index is 1.95. The van der Waals surface area contributed by atoms with Gasteiger partial charge in [-0.05, 0) is 33.7 Å². The molecule has 0 aliphatic carbocycles. The molecule has 0 aliphatic heterocycles. The van der Waals surface area contributed by atoms with Crippen LogP contribution in [0.1, 0.15) is 21.5 Å². The van der Waals surface area contributed by atoms with E-state index in [0.717, 1.165) is 21.5 Å². The molecule has 113 valence electrons. The lowest BCUT2D eigenvalue weighted by molar-refractivity contribution is 0.104. The summed E-state index contributed by atoms with van der Waals surface area (Å²) in [7, 11) is 0. The van der Waals surface area contributed by atoms with Crippen LogP contribution in [0.5, 0.6) is 0 Å². The lowest BCUT2D eigenvalue weighted by Crippen LogP contribution is -2.06. The average Bonchev–Trinajstić information content (AvgIpc) is 2.66. The van der Waals surface area contributed by atoms with Crippen LogP contribution >= 0.6 is 0 Å². The molecule has 0 heterocycles. The van der Waals surface area contributed by atoms with Crippen LogP contribution < -0.4 is 0 Å². The monoisotopic (exact) mass is 309 g/mol. The van der Waals surface area contributed by atoms with E-state index >= 15 is 0 Å². The van der Waals surface area contributed by atoms with Gasteiger partial charge >= 0.3 is 0 Å². The molecule has 0 atom stereocenters. The second-order valence-corrected chi connectivity index (χ2v) is 5.70. The van der Waals surface area contributed by atoms with Crippen molar-refractivity contribution in [1.29, 1.82) is 0 Å². The lowest BCUT2D eigenvalue weighted by Gasteiger charge is -2.09. The summed E-state index contributed by atoms with van der Waals surface area (Å²) in [4.78, 5) is 24.4.